The highest BCUT2D eigenvalue weighted by atomic mass is 35.5. The van der Waals surface area contributed by atoms with E-state index in [4.69, 9.17) is 11.6 Å². The third kappa shape index (κ3) is 2.27. The predicted octanol–water partition coefficient (Wildman–Crippen LogP) is 4.96. The van der Waals surface area contributed by atoms with E-state index in [9.17, 15) is 9.59 Å². The predicted molar refractivity (Wildman–Crippen MR) is 104 cm³/mol. The summed E-state index contributed by atoms with van der Waals surface area (Å²) in [6, 6.07) is 12.8. The summed E-state index contributed by atoms with van der Waals surface area (Å²) >= 11 is 6.18. The summed E-state index contributed by atoms with van der Waals surface area (Å²) in [5.41, 5.74) is 4.13. The third-order valence-corrected chi connectivity index (χ3v) is 5.54. The molecule has 1 aliphatic carbocycles. The Morgan fingerprint density at radius 1 is 0.962 bits per heavy atom. The summed E-state index contributed by atoms with van der Waals surface area (Å²) in [5.74, 6) is -0.414. The Morgan fingerprint density at radius 3 is 2.19 bits per heavy atom. The first-order chi connectivity index (χ1) is 12.3. The van der Waals surface area contributed by atoms with Gasteiger partial charge in [0.2, 0.25) is 0 Å². The Kier molecular flexibility index (Phi) is 3.67. The van der Waals surface area contributed by atoms with Crippen molar-refractivity contribution in [1.82, 2.24) is 0 Å². The van der Waals surface area contributed by atoms with E-state index in [1.54, 1.807) is 30.3 Å². The SMILES string of the molecule is CN1/C(=C/C=C2C(=O)c3ccccc3C2=O)C(C)(C)c2cc(Cl)ccc21. The highest BCUT2D eigenvalue weighted by Crippen LogP contribution is 2.47. The zero-order chi connectivity index (χ0) is 18.6. The van der Waals surface area contributed by atoms with Gasteiger partial charge in [-0.3, -0.25) is 9.59 Å². The van der Waals surface area contributed by atoms with Gasteiger partial charge in [0, 0.05) is 40.0 Å². The second kappa shape index (κ2) is 5.68. The number of nitrogens with zero attached hydrogens (tertiary/aromatic N) is 1. The van der Waals surface area contributed by atoms with E-state index in [1.165, 1.54) is 0 Å². The van der Waals surface area contributed by atoms with Gasteiger partial charge >= 0.3 is 0 Å². The van der Waals surface area contributed by atoms with Gasteiger partial charge in [-0.2, -0.15) is 0 Å². The van der Waals surface area contributed by atoms with Crippen molar-refractivity contribution in [3.8, 4) is 0 Å². The van der Waals surface area contributed by atoms with Gasteiger partial charge in [0.05, 0.1) is 5.57 Å². The zero-order valence-corrected chi connectivity index (χ0v) is 15.6. The van der Waals surface area contributed by atoms with E-state index in [0.717, 1.165) is 16.9 Å². The van der Waals surface area contributed by atoms with Crippen LogP contribution < -0.4 is 4.90 Å². The van der Waals surface area contributed by atoms with Crippen molar-refractivity contribution in [3.05, 3.63) is 87.6 Å². The van der Waals surface area contributed by atoms with Crippen molar-refractivity contribution in [2.45, 2.75) is 19.3 Å². The lowest BCUT2D eigenvalue weighted by atomic mass is 9.83. The van der Waals surface area contributed by atoms with E-state index in [-0.39, 0.29) is 22.6 Å². The third-order valence-electron chi connectivity index (χ3n) is 5.31. The molecule has 0 unspecified atom stereocenters. The van der Waals surface area contributed by atoms with E-state index < -0.39 is 0 Å². The van der Waals surface area contributed by atoms with Crippen molar-refractivity contribution in [2.24, 2.45) is 0 Å². The molecule has 0 saturated heterocycles. The fourth-order valence-corrected chi connectivity index (χ4v) is 4.07. The number of Topliss-reactive ketones (excluding diaryl/α,β-unsaturated/α-hetero) is 2. The smallest absolute Gasteiger partial charge is 0.197 e. The molecule has 0 bridgehead atoms. The number of anilines is 1. The Balaban J connectivity index is 1.78. The second-order valence-electron chi connectivity index (χ2n) is 7.18. The van der Waals surface area contributed by atoms with Crippen LogP contribution >= 0.6 is 11.6 Å². The van der Waals surface area contributed by atoms with Crippen LogP contribution in [0.1, 0.15) is 40.1 Å². The molecular formula is C22H18ClNO2. The number of carbonyl (C=O) groups excluding carboxylic acids is 2. The van der Waals surface area contributed by atoms with Crippen LogP contribution in [-0.2, 0) is 5.41 Å². The molecule has 0 radical (unpaired) electrons. The summed E-state index contributed by atoms with van der Waals surface area (Å²) in [6.45, 7) is 4.23. The molecule has 2 aromatic carbocycles. The topological polar surface area (TPSA) is 37.4 Å². The van der Waals surface area contributed by atoms with Gasteiger partial charge in [-0.1, -0.05) is 49.7 Å². The van der Waals surface area contributed by atoms with Crippen LogP contribution in [0, 0.1) is 0 Å². The lowest BCUT2D eigenvalue weighted by molar-refractivity contribution is 0.0989. The van der Waals surface area contributed by atoms with E-state index >= 15 is 0 Å². The van der Waals surface area contributed by atoms with Gasteiger partial charge in [0.15, 0.2) is 11.6 Å². The zero-order valence-electron chi connectivity index (χ0n) is 14.8. The van der Waals surface area contributed by atoms with Crippen LogP contribution in [0.25, 0.3) is 0 Å². The number of likely N-dealkylation sites (N-methyl/N-ethyl adjacent to an activating group) is 1. The van der Waals surface area contributed by atoms with Crippen LogP contribution in [0.5, 0.6) is 0 Å². The summed E-state index contributed by atoms with van der Waals surface area (Å²) in [7, 11) is 1.98. The maximum absolute atomic E-state index is 12.6. The Morgan fingerprint density at radius 2 is 1.58 bits per heavy atom. The van der Waals surface area contributed by atoms with Crippen LogP contribution in [0.4, 0.5) is 5.69 Å². The van der Waals surface area contributed by atoms with Crippen LogP contribution in [0.3, 0.4) is 0 Å². The number of allylic oxidation sites excluding steroid dienone is 4. The maximum atomic E-state index is 12.6. The van der Waals surface area contributed by atoms with Gasteiger partial charge < -0.3 is 4.90 Å². The molecule has 26 heavy (non-hydrogen) atoms. The summed E-state index contributed by atoms with van der Waals surface area (Å²) in [4.78, 5) is 27.2. The van der Waals surface area contributed by atoms with Gasteiger partial charge in [-0.05, 0) is 35.9 Å². The van der Waals surface area contributed by atoms with E-state index in [2.05, 4.69) is 18.7 Å². The molecule has 0 amide bonds. The molecule has 0 N–H and O–H groups in total. The van der Waals surface area contributed by atoms with Gasteiger partial charge in [0.25, 0.3) is 0 Å². The number of carbonyl (C=O) groups is 2. The molecule has 3 nitrogen and oxygen atoms in total. The molecule has 2 aromatic rings. The highest BCUT2D eigenvalue weighted by molar-refractivity contribution is 6.39. The first-order valence-corrected chi connectivity index (χ1v) is 8.85. The highest BCUT2D eigenvalue weighted by Gasteiger charge is 2.39. The molecule has 0 atom stereocenters. The first-order valence-electron chi connectivity index (χ1n) is 8.47. The number of hydrogen-bond acceptors (Lipinski definition) is 3. The van der Waals surface area contributed by atoms with Crippen molar-refractivity contribution < 1.29 is 9.59 Å². The molecule has 4 rings (SSSR count). The van der Waals surface area contributed by atoms with E-state index in [0.29, 0.717) is 16.1 Å². The van der Waals surface area contributed by atoms with Gasteiger partial charge in [-0.15, -0.1) is 0 Å². The number of ketones is 2. The van der Waals surface area contributed by atoms with Crippen molar-refractivity contribution in [1.29, 1.82) is 0 Å². The maximum Gasteiger partial charge on any atom is 0.197 e. The molecule has 130 valence electrons. The Labute approximate surface area is 157 Å². The molecule has 2 aliphatic rings. The standard InChI is InChI=1S/C22H18ClNO2/c1-22(2)17-12-13(23)8-10-18(17)24(3)19(22)11-9-16-20(25)14-6-4-5-7-15(14)21(16)26/h4-12H,1-3H3/b19-11+. The molecule has 0 aromatic heterocycles. The Bertz CT molecular complexity index is 993. The molecule has 0 spiro atoms. The van der Waals surface area contributed by atoms with Gasteiger partial charge in [-0.25, -0.2) is 0 Å². The largest absolute Gasteiger partial charge is 0.347 e. The summed E-state index contributed by atoms with van der Waals surface area (Å²) in [5, 5.41) is 0.696. The van der Waals surface area contributed by atoms with Crippen molar-refractivity contribution in [3.63, 3.8) is 0 Å². The average Bonchev–Trinajstić information content (AvgIpc) is 2.96. The fourth-order valence-electron chi connectivity index (χ4n) is 3.89. The molecular weight excluding hydrogens is 346 g/mol. The number of rotatable bonds is 1. The fraction of sp³-hybridized carbons (Fsp3) is 0.182. The molecule has 0 saturated carbocycles. The lowest BCUT2D eigenvalue weighted by Gasteiger charge is -2.23. The molecule has 0 fully saturated rings. The summed E-state index contributed by atoms with van der Waals surface area (Å²) < 4.78 is 0. The quantitative estimate of drug-likeness (QED) is 0.531. The minimum Gasteiger partial charge on any atom is -0.347 e. The summed E-state index contributed by atoms with van der Waals surface area (Å²) in [6.07, 6.45) is 3.54. The monoisotopic (exact) mass is 363 g/mol. The first kappa shape index (κ1) is 16.8. The van der Waals surface area contributed by atoms with Gasteiger partial charge in [0.1, 0.15) is 0 Å². The van der Waals surface area contributed by atoms with Crippen molar-refractivity contribution in [2.75, 3.05) is 11.9 Å². The van der Waals surface area contributed by atoms with Crippen LogP contribution in [0.15, 0.2) is 65.9 Å². The minimum absolute atomic E-state index is 0.207. The average molecular weight is 364 g/mol. The lowest BCUT2D eigenvalue weighted by Crippen LogP contribution is -2.22. The molecule has 4 heteroatoms. The minimum atomic E-state index is -0.274. The normalized spacial score (nSPS) is 19.2. The van der Waals surface area contributed by atoms with Crippen LogP contribution in [-0.4, -0.2) is 18.6 Å². The second-order valence-corrected chi connectivity index (χ2v) is 7.62. The van der Waals surface area contributed by atoms with Crippen molar-refractivity contribution >= 4 is 28.9 Å². The number of hydrogen-bond donors (Lipinski definition) is 0. The number of fused-ring (bicyclic) bond motifs is 2. The van der Waals surface area contributed by atoms with E-state index in [1.807, 2.05) is 31.3 Å². The molecule has 1 aliphatic heterocycles. The Hall–Kier alpha value is -2.65. The number of benzene rings is 2. The van der Waals surface area contributed by atoms with Crippen LogP contribution in [0.2, 0.25) is 5.02 Å². The molecule has 1 heterocycles. The number of halogens is 1.